The maximum absolute atomic E-state index is 10.6. The second-order valence-electron chi connectivity index (χ2n) is 2.64. The van der Waals surface area contributed by atoms with Crippen molar-refractivity contribution in [1.82, 2.24) is 0 Å². The fraction of sp³-hybridized carbons (Fsp3) is 0.333. The van der Waals surface area contributed by atoms with E-state index in [1.165, 1.54) is 12.2 Å². The molecule has 6 heteroatoms. The Kier molecular flexibility index (Phi) is 12.4. The zero-order chi connectivity index (χ0) is 10.5. The Bertz CT molecular complexity index is 224. The number of carboxylic acids is 2. The van der Waals surface area contributed by atoms with Crippen LogP contribution < -0.4 is 10.2 Å². The minimum Gasteiger partial charge on any atom is -0.549 e. The van der Waals surface area contributed by atoms with Crippen LogP contribution in [0.1, 0.15) is 12.8 Å². The van der Waals surface area contributed by atoms with Crippen LogP contribution in [0.3, 0.4) is 0 Å². The molecule has 0 spiro atoms. The van der Waals surface area contributed by atoms with Gasteiger partial charge in [0, 0.05) is 0 Å². The van der Waals surface area contributed by atoms with Crippen molar-refractivity contribution in [2.45, 2.75) is 12.8 Å². The smallest absolute Gasteiger partial charge is 0.549 e. The quantitative estimate of drug-likeness (QED) is 0.314. The second kappa shape index (κ2) is 9.15. The molecule has 0 fully saturated rings. The second-order valence-corrected chi connectivity index (χ2v) is 2.64. The number of carbonyl (C=O) groups is 2. The van der Waals surface area contributed by atoms with Crippen molar-refractivity contribution in [1.29, 1.82) is 0 Å². The number of carboxylic acid groups (broad SMARTS) is 2. The van der Waals surface area contributed by atoms with Crippen molar-refractivity contribution in [2.24, 2.45) is 5.41 Å². The summed E-state index contributed by atoms with van der Waals surface area (Å²) in [4.78, 5) is 21.2. The van der Waals surface area contributed by atoms with Crippen molar-refractivity contribution in [3.8, 4) is 0 Å². The number of allylic oxidation sites excluding steroid dienone is 2. The van der Waals surface area contributed by atoms with E-state index in [1.54, 1.807) is 0 Å². The van der Waals surface area contributed by atoms with Crippen LogP contribution in [-0.2, 0) is 54.3 Å². The molecule has 0 radical (unpaired) electrons. The Hall–Kier alpha value is -0.0995. The molecule has 0 aliphatic heterocycles. The average molecular weight is 398 g/mol. The van der Waals surface area contributed by atoms with Crippen molar-refractivity contribution in [3.63, 3.8) is 0 Å². The molecule has 0 aromatic heterocycles. The third kappa shape index (κ3) is 4.97. The molecule has 4 nitrogen and oxygen atoms in total. The predicted octanol–water partition coefficient (Wildman–Crippen LogP) is -1.38. The van der Waals surface area contributed by atoms with Crippen LogP contribution >= 0.6 is 0 Å². The van der Waals surface area contributed by atoms with E-state index < -0.39 is 17.4 Å². The Morgan fingerprint density at radius 1 is 1.00 bits per heavy atom. The van der Waals surface area contributed by atoms with E-state index in [0.29, 0.717) is 0 Å². The van der Waals surface area contributed by atoms with Gasteiger partial charge in [-0.3, -0.25) is 0 Å². The molecule has 0 amide bonds. The van der Waals surface area contributed by atoms with E-state index in [4.69, 9.17) is 0 Å². The molecule has 15 heavy (non-hydrogen) atoms. The van der Waals surface area contributed by atoms with Gasteiger partial charge in [0.15, 0.2) is 0 Å². The van der Waals surface area contributed by atoms with Crippen LogP contribution in [0.15, 0.2) is 25.3 Å². The number of rotatable bonds is 6. The van der Waals surface area contributed by atoms with Crippen LogP contribution in [0.4, 0.5) is 0 Å². The standard InChI is InChI=1S/C9H12O4.2Ag/c1-3-5-9(6-4-2,7(10)11)8(12)13;;/h3-4H,1-2,5-6H2,(H,10,11)(H,12,13);;/q;2*+1/p-2. The Morgan fingerprint density at radius 2 is 1.27 bits per heavy atom. The van der Waals surface area contributed by atoms with E-state index >= 15 is 0 Å². The summed E-state index contributed by atoms with van der Waals surface area (Å²) in [5.74, 6) is -3.35. The molecule has 0 atom stereocenters. The van der Waals surface area contributed by atoms with Crippen LogP contribution in [0, 0.1) is 5.41 Å². The summed E-state index contributed by atoms with van der Waals surface area (Å²) in [7, 11) is 0. The number of hydrogen-bond donors (Lipinski definition) is 0. The number of carbonyl (C=O) groups excluding carboxylic acids is 2. The van der Waals surface area contributed by atoms with Gasteiger partial charge in [0.05, 0.1) is 17.4 Å². The molecule has 0 heterocycles. The first-order chi connectivity index (χ1) is 6.01. The van der Waals surface area contributed by atoms with Gasteiger partial charge in [-0.25, -0.2) is 0 Å². The summed E-state index contributed by atoms with van der Waals surface area (Å²) >= 11 is 0. The third-order valence-electron chi connectivity index (χ3n) is 1.77. The van der Waals surface area contributed by atoms with Crippen LogP contribution in [0.2, 0.25) is 0 Å². The summed E-state index contributed by atoms with van der Waals surface area (Å²) in [6.07, 6.45) is 1.94. The first-order valence-corrected chi connectivity index (χ1v) is 3.66. The third-order valence-corrected chi connectivity index (χ3v) is 1.77. The minimum atomic E-state index is -2.02. The first-order valence-electron chi connectivity index (χ1n) is 3.66. The number of hydrogen-bond acceptors (Lipinski definition) is 4. The van der Waals surface area contributed by atoms with Crippen molar-refractivity contribution in [2.75, 3.05) is 0 Å². The summed E-state index contributed by atoms with van der Waals surface area (Å²) in [5, 5.41) is 21.2. The summed E-state index contributed by atoms with van der Waals surface area (Å²) < 4.78 is 0. The summed E-state index contributed by atoms with van der Waals surface area (Å²) in [6.45, 7) is 6.55. The molecule has 0 unspecified atom stereocenters. The van der Waals surface area contributed by atoms with Gasteiger partial charge in [-0.15, -0.1) is 13.2 Å². The van der Waals surface area contributed by atoms with Gasteiger partial charge >= 0.3 is 44.8 Å². The minimum absolute atomic E-state index is 0. The molecule has 0 aromatic rings. The van der Waals surface area contributed by atoms with Crippen molar-refractivity contribution >= 4 is 11.9 Å². The monoisotopic (exact) mass is 396 g/mol. The normalized spacial score (nSPS) is 9.07. The molecule has 0 saturated heterocycles. The summed E-state index contributed by atoms with van der Waals surface area (Å²) in [6, 6.07) is 0. The molecule has 0 N–H and O–H groups in total. The molecular formula is C9H10Ag2O4. The largest absolute Gasteiger partial charge is 1.00 e. The fourth-order valence-corrected chi connectivity index (χ4v) is 0.993. The van der Waals surface area contributed by atoms with Crippen LogP contribution in [0.5, 0.6) is 0 Å². The Morgan fingerprint density at radius 3 is 1.40 bits per heavy atom. The fourth-order valence-electron chi connectivity index (χ4n) is 0.993. The van der Waals surface area contributed by atoms with E-state index in [9.17, 15) is 19.8 Å². The maximum Gasteiger partial charge on any atom is 1.00 e. The van der Waals surface area contributed by atoms with Crippen LogP contribution in [-0.4, -0.2) is 11.9 Å². The van der Waals surface area contributed by atoms with Gasteiger partial charge in [-0.1, -0.05) is 12.2 Å². The molecule has 0 aromatic carbocycles. The Balaban J connectivity index is -0.000000720. The zero-order valence-corrected chi connectivity index (χ0v) is 10.7. The van der Waals surface area contributed by atoms with Gasteiger partial charge in [-0.05, 0) is 12.8 Å². The van der Waals surface area contributed by atoms with Gasteiger partial charge < -0.3 is 19.8 Å². The molecule has 0 aliphatic carbocycles. The van der Waals surface area contributed by atoms with Crippen molar-refractivity contribution < 1.29 is 64.6 Å². The van der Waals surface area contributed by atoms with Gasteiger partial charge in [0.1, 0.15) is 0 Å². The van der Waals surface area contributed by atoms with E-state index in [1.807, 2.05) is 0 Å². The zero-order valence-electron chi connectivity index (χ0n) is 7.72. The van der Waals surface area contributed by atoms with E-state index in [2.05, 4.69) is 13.2 Å². The van der Waals surface area contributed by atoms with Crippen molar-refractivity contribution in [3.05, 3.63) is 25.3 Å². The first kappa shape index (κ1) is 20.3. The number of aliphatic carboxylic acids is 2. The maximum atomic E-state index is 10.6. The molecule has 0 saturated carbocycles. The predicted molar refractivity (Wildman–Crippen MR) is 42.1 cm³/mol. The van der Waals surface area contributed by atoms with E-state index in [-0.39, 0.29) is 57.6 Å². The van der Waals surface area contributed by atoms with Gasteiger partial charge in [0.25, 0.3) is 0 Å². The molecule has 0 rings (SSSR count). The molecular weight excluding hydrogens is 388 g/mol. The average Bonchev–Trinajstić information content (AvgIpc) is 2.03. The summed E-state index contributed by atoms with van der Waals surface area (Å²) in [5.41, 5.74) is -2.02. The molecule has 0 bridgehead atoms. The van der Waals surface area contributed by atoms with Gasteiger partial charge in [0.2, 0.25) is 0 Å². The SMILES string of the molecule is C=CCC(CC=C)(C(=O)[O-])C(=O)[O-].[Ag+].[Ag+]. The van der Waals surface area contributed by atoms with E-state index in [0.717, 1.165) is 0 Å². The Labute approximate surface area is 119 Å². The topological polar surface area (TPSA) is 80.3 Å². The van der Waals surface area contributed by atoms with Gasteiger partial charge in [-0.2, -0.15) is 0 Å². The van der Waals surface area contributed by atoms with Crippen LogP contribution in [0.25, 0.3) is 0 Å². The molecule has 0 aliphatic rings. The molecule has 92 valence electrons.